The molecule has 0 atom stereocenters. The predicted octanol–water partition coefficient (Wildman–Crippen LogP) is 3.80. The van der Waals surface area contributed by atoms with Crippen molar-refractivity contribution in [3.8, 4) is 11.4 Å². The van der Waals surface area contributed by atoms with Crippen LogP contribution in [0.1, 0.15) is 0 Å². The van der Waals surface area contributed by atoms with Gasteiger partial charge in [-0.2, -0.15) is 18.3 Å². The summed E-state index contributed by atoms with van der Waals surface area (Å²) in [5.74, 6) is 0.100. The van der Waals surface area contributed by atoms with Crippen LogP contribution in [-0.4, -0.2) is 37.1 Å². The topological polar surface area (TPSA) is 92.9 Å². The van der Waals surface area contributed by atoms with E-state index in [1.165, 1.54) is 30.5 Å². The molecule has 0 bridgehead atoms. The first-order valence-electron chi connectivity index (χ1n) is 6.79. The highest BCUT2D eigenvalue weighted by Crippen LogP contribution is 2.27. The fourth-order valence-electron chi connectivity index (χ4n) is 2.16. The van der Waals surface area contributed by atoms with Crippen LogP contribution in [0.15, 0.2) is 30.5 Å². The maximum atomic E-state index is 12.6. The molecule has 130 valence electrons. The number of carboxylic acid groups (broad SMARTS) is 1. The van der Waals surface area contributed by atoms with E-state index in [2.05, 4.69) is 20.4 Å². The number of benzene rings is 1. The van der Waals surface area contributed by atoms with Crippen LogP contribution >= 0.6 is 11.6 Å². The second kappa shape index (κ2) is 6.20. The van der Waals surface area contributed by atoms with E-state index in [4.69, 9.17) is 16.7 Å². The zero-order valence-electron chi connectivity index (χ0n) is 12.3. The molecular formula is C14H9ClF3N5O2. The van der Waals surface area contributed by atoms with Gasteiger partial charge in [-0.1, -0.05) is 11.6 Å². The minimum atomic E-state index is -4.46. The van der Waals surface area contributed by atoms with Crippen molar-refractivity contribution >= 4 is 34.4 Å². The average molecular weight is 372 g/mol. The number of carbonyl (C=O) groups is 1. The van der Waals surface area contributed by atoms with Gasteiger partial charge in [0.15, 0.2) is 11.5 Å². The third-order valence-electron chi connectivity index (χ3n) is 3.17. The zero-order valence-corrected chi connectivity index (χ0v) is 13.0. The second-order valence-corrected chi connectivity index (χ2v) is 5.36. The number of aromatic nitrogens is 4. The van der Waals surface area contributed by atoms with Gasteiger partial charge in [-0.25, -0.2) is 19.4 Å². The van der Waals surface area contributed by atoms with Crippen LogP contribution in [0.25, 0.3) is 22.4 Å². The normalized spacial score (nSPS) is 11.7. The number of alkyl halides is 3. The number of anilines is 1. The van der Waals surface area contributed by atoms with Crippen molar-refractivity contribution in [2.45, 2.75) is 12.7 Å². The molecule has 11 heteroatoms. The summed E-state index contributed by atoms with van der Waals surface area (Å²) in [4.78, 5) is 18.7. The second-order valence-electron chi connectivity index (χ2n) is 5.00. The van der Waals surface area contributed by atoms with Gasteiger partial charge < -0.3 is 5.11 Å². The molecule has 0 unspecified atom stereocenters. The highest BCUT2D eigenvalue weighted by Gasteiger charge is 2.30. The first-order valence-corrected chi connectivity index (χ1v) is 7.17. The van der Waals surface area contributed by atoms with Crippen molar-refractivity contribution in [1.82, 2.24) is 19.7 Å². The molecule has 3 aromatic rings. The molecule has 0 aliphatic carbocycles. The summed E-state index contributed by atoms with van der Waals surface area (Å²) in [7, 11) is 0. The molecule has 0 fully saturated rings. The van der Waals surface area contributed by atoms with Gasteiger partial charge in [-0.3, -0.25) is 5.32 Å². The molecule has 1 amide bonds. The van der Waals surface area contributed by atoms with E-state index in [1.54, 1.807) is 0 Å². The van der Waals surface area contributed by atoms with Crippen LogP contribution in [0.3, 0.4) is 0 Å². The predicted molar refractivity (Wildman–Crippen MR) is 83.5 cm³/mol. The Morgan fingerprint density at radius 2 is 1.92 bits per heavy atom. The van der Waals surface area contributed by atoms with Crippen molar-refractivity contribution in [2.24, 2.45) is 0 Å². The fourth-order valence-corrected chi connectivity index (χ4v) is 2.37. The lowest BCUT2D eigenvalue weighted by Gasteiger charge is -2.08. The Labute approximate surface area is 143 Å². The van der Waals surface area contributed by atoms with Crippen LogP contribution in [0.2, 0.25) is 5.15 Å². The lowest BCUT2D eigenvalue weighted by molar-refractivity contribution is -0.141. The van der Waals surface area contributed by atoms with Gasteiger partial charge in [-0.05, 0) is 24.3 Å². The maximum Gasteiger partial charge on any atom is 0.409 e. The van der Waals surface area contributed by atoms with Crippen molar-refractivity contribution < 1.29 is 23.1 Å². The highest BCUT2D eigenvalue weighted by molar-refractivity contribution is 6.34. The quantitative estimate of drug-likeness (QED) is 0.683. The monoisotopic (exact) mass is 371 g/mol. The molecule has 2 aromatic heterocycles. The third-order valence-corrected chi connectivity index (χ3v) is 3.46. The van der Waals surface area contributed by atoms with Gasteiger partial charge in [0, 0.05) is 11.3 Å². The molecule has 1 aromatic carbocycles. The Morgan fingerprint density at radius 1 is 1.24 bits per heavy atom. The number of nitrogens with one attached hydrogen (secondary N) is 1. The Morgan fingerprint density at radius 3 is 2.52 bits per heavy atom. The molecule has 0 spiro atoms. The first kappa shape index (κ1) is 17.0. The summed E-state index contributed by atoms with van der Waals surface area (Å²) in [6.07, 6.45) is -4.50. The summed E-state index contributed by atoms with van der Waals surface area (Å²) >= 11 is 6.02. The molecule has 0 radical (unpaired) electrons. The van der Waals surface area contributed by atoms with Crippen molar-refractivity contribution in [3.63, 3.8) is 0 Å². The minimum absolute atomic E-state index is 0.0267. The lowest BCUT2D eigenvalue weighted by atomic mass is 10.2. The Kier molecular flexibility index (Phi) is 4.21. The van der Waals surface area contributed by atoms with E-state index in [0.717, 1.165) is 0 Å². The summed E-state index contributed by atoms with van der Waals surface area (Å²) in [5.41, 5.74) is 0.741. The number of halogens is 4. The number of hydrogen-bond donors (Lipinski definition) is 2. The van der Waals surface area contributed by atoms with Gasteiger partial charge in [0.1, 0.15) is 11.7 Å². The van der Waals surface area contributed by atoms with Crippen LogP contribution in [-0.2, 0) is 6.54 Å². The smallest absolute Gasteiger partial charge is 0.409 e. The van der Waals surface area contributed by atoms with E-state index < -0.39 is 18.8 Å². The lowest BCUT2D eigenvalue weighted by Crippen LogP contribution is -2.18. The Hall–Kier alpha value is -2.88. The summed E-state index contributed by atoms with van der Waals surface area (Å²) < 4.78 is 38.6. The molecule has 2 heterocycles. The van der Waals surface area contributed by atoms with Crippen molar-refractivity contribution in [3.05, 3.63) is 35.6 Å². The number of nitrogens with zero attached hydrogens (tertiary/aromatic N) is 4. The molecular weight excluding hydrogens is 363 g/mol. The Bertz CT molecular complexity index is 940. The molecule has 3 rings (SSSR count). The van der Waals surface area contributed by atoms with Crippen molar-refractivity contribution in [2.75, 3.05) is 5.32 Å². The number of fused-ring (bicyclic) bond motifs is 1. The SMILES string of the molecule is O=C(O)Nc1ccc(-c2nc(Cl)c3cnn(CC(F)(F)F)c3n2)cc1. The largest absolute Gasteiger partial charge is 0.465 e. The van der Waals surface area contributed by atoms with Crippen LogP contribution in [0.5, 0.6) is 0 Å². The van der Waals surface area contributed by atoms with E-state index in [1.807, 2.05) is 0 Å². The van der Waals surface area contributed by atoms with Gasteiger partial charge in [0.05, 0.1) is 11.6 Å². The van der Waals surface area contributed by atoms with Crippen LogP contribution in [0, 0.1) is 0 Å². The summed E-state index contributed by atoms with van der Waals surface area (Å²) in [5, 5.41) is 14.7. The maximum absolute atomic E-state index is 12.6. The molecule has 0 saturated heterocycles. The molecule has 25 heavy (non-hydrogen) atoms. The van der Waals surface area contributed by atoms with Gasteiger partial charge in [0.2, 0.25) is 0 Å². The van der Waals surface area contributed by atoms with Crippen LogP contribution < -0.4 is 5.32 Å². The minimum Gasteiger partial charge on any atom is -0.465 e. The van der Waals surface area contributed by atoms with E-state index in [0.29, 0.717) is 15.9 Å². The molecule has 0 saturated carbocycles. The number of hydrogen-bond acceptors (Lipinski definition) is 4. The van der Waals surface area contributed by atoms with Gasteiger partial charge >= 0.3 is 12.3 Å². The summed E-state index contributed by atoms with van der Waals surface area (Å²) in [6.45, 7) is -1.30. The third kappa shape index (κ3) is 3.79. The standard InChI is InChI=1S/C14H9ClF3N5O2/c15-10-9-5-19-23(6-14(16,17)18)12(9)22-11(21-10)7-1-3-8(4-2-7)20-13(24)25/h1-5,20H,6H2,(H,24,25). The van der Waals surface area contributed by atoms with E-state index >= 15 is 0 Å². The fraction of sp³-hybridized carbons (Fsp3) is 0.143. The first-order chi connectivity index (χ1) is 11.7. The molecule has 7 nitrogen and oxygen atoms in total. The number of rotatable bonds is 3. The van der Waals surface area contributed by atoms with Gasteiger partial charge in [0.25, 0.3) is 0 Å². The Balaban J connectivity index is 2.02. The van der Waals surface area contributed by atoms with Crippen molar-refractivity contribution in [1.29, 1.82) is 0 Å². The summed E-state index contributed by atoms with van der Waals surface area (Å²) in [6, 6.07) is 5.98. The zero-order chi connectivity index (χ0) is 18.2. The molecule has 2 N–H and O–H groups in total. The highest BCUT2D eigenvalue weighted by atomic mass is 35.5. The average Bonchev–Trinajstić information content (AvgIpc) is 2.89. The van der Waals surface area contributed by atoms with Gasteiger partial charge in [-0.15, -0.1) is 0 Å². The number of amides is 1. The van der Waals surface area contributed by atoms with Crippen LogP contribution in [0.4, 0.5) is 23.7 Å². The van der Waals surface area contributed by atoms with E-state index in [-0.39, 0.29) is 22.0 Å². The molecule has 0 aliphatic rings. The van der Waals surface area contributed by atoms with E-state index in [9.17, 15) is 18.0 Å². The molecule has 0 aliphatic heterocycles.